The first-order valence-corrected chi connectivity index (χ1v) is 9.44. The van der Waals surface area contributed by atoms with E-state index in [1.165, 1.54) is 35.7 Å². The fourth-order valence-corrected chi connectivity index (χ4v) is 4.23. The summed E-state index contributed by atoms with van der Waals surface area (Å²) < 4.78 is 25.0. The maximum atomic E-state index is 14.1. The molecule has 0 atom stereocenters. The summed E-state index contributed by atoms with van der Waals surface area (Å²) in [5, 5.41) is 9.08. The number of methoxy groups -OCH3 is 2. The summed E-state index contributed by atoms with van der Waals surface area (Å²) in [7, 11) is 3.20. The summed E-state index contributed by atoms with van der Waals surface area (Å²) in [5.74, 6) is 1.42. The van der Waals surface area contributed by atoms with Crippen LogP contribution >= 0.6 is 35.1 Å². The summed E-state index contributed by atoms with van der Waals surface area (Å²) in [6.07, 6.45) is 1.94. The third-order valence-electron chi connectivity index (χ3n) is 3.29. The average Bonchev–Trinajstić information content (AvgIpc) is 2.59. The average molecular weight is 384 g/mol. The van der Waals surface area contributed by atoms with Crippen LogP contribution in [0.15, 0.2) is 34.1 Å². The van der Waals surface area contributed by atoms with E-state index in [4.69, 9.17) is 26.3 Å². The minimum absolute atomic E-state index is 0.202. The molecule has 0 fully saturated rings. The molecule has 24 heavy (non-hydrogen) atoms. The molecular formula is C17H15ClFNO2S2. The van der Waals surface area contributed by atoms with Gasteiger partial charge in [-0.1, -0.05) is 17.7 Å². The first-order valence-electron chi connectivity index (χ1n) is 6.85. The lowest BCUT2D eigenvalue weighted by atomic mass is 10.2. The van der Waals surface area contributed by atoms with Gasteiger partial charge in [0.25, 0.3) is 0 Å². The maximum absolute atomic E-state index is 14.1. The van der Waals surface area contributed by atoms with E-state index < -0.39 is 5.82 Å². The van der Waals surface area contributed by atoms with Gasteiger partial charge >= 0.3 is 0 Å². The third kappa shape index (κ3) is 3.92. The van der Waals surface area contributed by atoms with Crippen molar-refractivity contribution in [1.82, 2.24) is 0 Å². The third-order valence-corrected chi connectivity index (χ3v) is 5.65. The molecule has 0 spiro atoms. The van der Waals surface area contributed by atoms with Crippen LogP contribution in [0.25, 0.3) is 0 Å². The normalized spacial score (nSPS) is 10.3. The highest BCUT2D eigenvalue weighted by atomic mass is 35.5. The highest BCUT2D eigenvalue weighted by molar-refractivity contribution is 7.99. The van der Waals surface area contributed by atoms with Crippen LogP contribution in [-0.4, -0.2) is 20.5 Å². The largest absolute Gasteiger partial charge is 0.495 e. The first-order chi connectivity index (χ1) is 11.5. The molecule has 0 aliphatic rings. The zero-order chi connectivity index (χ0) is 17.7. The smallest absolute Gasteiger partial charge is 0.140 e. The molecule has 0 aliphatic heterocycles. The van der Waals surface area contributed by atoms with Crippen molar-refractivity contribution in [2.24, 2.45) is 0 Å². The zero-order valence-corrected chi connectivity index (χ0v) is 15.7. The van der Waals surface area contributed by atoms with Gasteiger partial charge in [0.1, 0.15) is 17.3 Å². The van der Waals surface area contributed by atoms with Gasteiger partial charge in [0.2, 0.25) is 0 Å². The lowest BCUT2D eigenvalue weighted by Gasteiger charge is -2.15. The van der Waals surface area contributed by atoms with Crippen molar-refractivity contribution < 1.29 is 13.9 Å². The van der Waals surface area contributed by atoms with Crippen molar-refractivity contribution in [3.63, 3.8) is 0 Å². The predicted octanol–water partition coefficient (Wildman–Crippen LogP) is 5.38. The molecule has 0 aromatic heterocycles. The molecule has 126 valence electrons. The number of rotatable bonds is 6. The van der Waals surface area contributed by atoms with E-state index >= 15 is 0 Å². The molecule has 0 amide bonds. The summed E-state index contributed by atoms with van der Waals surface area (Å²) in [6, 6.07) is 8.29. The van der Waals surface area contributed by atoms with Crippen LogP contribution < -0.4 is 9.47 Å². The topological polar surface area (TPSA) is 42.2 Å². The Kier molecular flexibility index (Phi) is 6.67. The van der Waals surface area contributed by atoms with E-state index in [2.05, 4.69) is 0 Å². The van der Waals surface area contributed by atoms with E-state index in [0.29, 0.717) is 16.4 Å². The van der Waals surface area contributed by atoms with Crippen LogP contribution in [0.5, 0.6) is 11.5 Å². The van der Waals surface area contributed by atoms with Crippen LogP contribution in [0.3, 0.4) is 0 Å². The molecule has 2 rings (SSSR count). The SMILES string of the molecule is COc1ccc(CSc2c(F)cc(C#N)cc2Cl)c(OC)c1SC. The van der Waals surface area contributed by atoms with Crippen LogP contribution in [0.1, 0.15) is 11.1 Å². The quantitative estimate of drug-likeness (QED) is 0.626. The van der Waals surface area contributed by atoms with Crippen molar-refractivity contribution in [2.75, 3.05) is 20.5 Å². The lowest BCUT2D eigenvalue weighted by molar-refractivity contribution is 0.374. The molecule has 0 aliphatic carbocycles. The van der Waals surface area contributed by atoms with Gasteiger partial charge in [-0.3, -0.25) is 0 Å². The number of hydrogen-bond acceptors (Lipinski definition) is 5. The molecule has 0 saturated heterocycles. The van der Waals surface area contributed by atoms with E-state index in [9.17, 15) is 4.39 Å². The van der Waals surface area contributed by atoms with Crippen LogP contribution in [0, 0.1) is 17.1 Å². The Labute approximate surface area is 154 Å². The van der Waals surface area contributed by atoms with E-state index in [1.807, 2.05) is 24.5 Å². The van der Waals surface area contributed by atoms with Gasteiger partial charge in [-0.05, 0) is 24.5 Å². The van der Waals surface area contributed by atoms with Gasteiger partial charge in [-0.25, -0.2) is 4.39 Å². The lowest BCUT2D eigenvalue weighted by Crippen LogP contribution is -1.96. The maximum Gasteiger partial charge on any atom is 0.140 e. The minimum Gasteiger partial charge on any atom is -0.495 e. The van der Waals surface area contributed by atoms with Crippen molar-refractivity contribution >= 4 is 35.1 Å². The molecular weight excluding hydrogens is 369 g/mol. The van der Waals surface area contributed by atoms with E-state index in [-0.39, 0.29) is 10.6 Å². The number of benzene rings is 2. The number of hydrogen-bond donors (Lipinski definition) is 0. The van der Waals surface area contributed by atoms with Crippen molar-refractivity contribution in [1.29, 1.82) is 5.26 Å². The number of nitriles is 1. The van der Waals surface area contributed by atoms with Gasteiger partial charge in [0, 0.05) is 11.3 Å². The summed E-state index contributed by atoms with van der Waals surface area (Å²) in [6.45, 7) is 0. The number of nitrogens with zero attached hydrogens (tertiary/aromatic N) is 1. The van der Waals surface area contributed by atoms with Crippen molar-refractivity contribution in [3.8, 4) is 17.6 Å². The molecule has 0 N–H and O–H groups in total. The van der Waals surface area contributed by atoms with Gasteiger partial charge in [-0.2, -0.15) is 5.26 Å². The molecule has 0 heterocycles. The van der Waals surface area contributed by atoms with Crippen LogP contribution in [0.2, 0.25) is 5.02 Å². The Balaban J connectivity index is 2.32. The van der Waals surface area contributed by atoms with Crippen molar-refractivity contribution in [3.05, 3.63) is 46.2 Å². The molecule has 0 bridgehead atoms. The molecule has 0 unspecified atom stereocenters. The molecule has 0 radical (unpaired) electrons. The Morgan fingerprint density at radius 2 is 1.96 bits per heavy atom. The van der Waals surface area contributed by atoms with Gasteiger partial charge in [-0.15, -0.1) is 23.5 Å². The molecule has 2 aromatic carbocycles. The highest BCUT2D eigenvalue weighted by Gasteiger charge is 2.16. The summed E-state index contributed by atoms with van der Waals surface area (Å²) >= 11 is 8.88. The van der Waals surface area contributed by atoms with E-state index in [0.717, 1.165) is 16.2 Å². The monoisotopic (exact) mass is 383 g/mol. The second-order valence-electron chi connectivity index (χ2n) is 4.66. The van der Waals surface area contributed by atoms with Crippen LogP contribution in [-0.2, 0) is 5.75 Å². The number of ether oxygens (including phenoxy) is 2. The fraction of sp³-hybridized carbons (Fsp3) is 0.235. The Hall–Kier alpha value is -1.55. The molecule has 7 heteroatoms. The number of thioether (sulfide) groups is 2. The van der Waals surface area contributed by atoms with Crippen molar-refractivity contribution in [2.45, 2.75) is 15.5 Å². The summed E-state index contributed by atoms with van der Waals surface area (Å²) in [5.41, 5.74) is 1.11. The fourth-order valence-electron chi connectivity index (χ4n) is 2.19. The van der Waals surface area contributed by atoms with Gasteiger partial charge in [0.05, 0.1) is 40.7 Å². The van der Waals surface area contributed by atoms with Gasteiger partial charge in [0.15, 0.2) is 0 Å². The molecule has 0 saturated carbocycles. The van der Waals surface area contributed by atoms with Gasteiger partial charge < -0.3 is 9.47 Å². The number of halogens is 2. The first kappa shape index (κ1) is 18.8. The Morgan fingerprint density at radius 3 is 2.50 bits per heavy atom. The summed E-state index contributed by atoms with van der Waals surface area (Å²) in [4.78, 5) is 1.21. The second-order valence-corrected chi connectivity index (χ2v) is 6.87. The molecule has 2 aromatic rings. The molecule has 3 nitrogen and oxygen atoms in total. The Morgan fingerprint density at radius 1 is 1.21 bits per heavy atom. The second kappa shape index (κ2) is 8.52. The van der Waals surface area contributed by atoms with Crippen LogP contribution in [0.4, 0.5) is 4.39 Å². The standard InChI is InChI=1S/C17H15ClFNO2S2/c1-21-14-5-4-11(15(22-2)17(14)23-3)9-24-16-12(18)6-10(8-20)7-13(16)19/h4-7H,9H2,1-3H3. The zero-order valence-electron chi connectivity index (χ0n) is 13.4. The van der Waals surface area contributed by atoms with E-state index in [1.54, 1.807) is 14.2 Å². The predicted molar refractivity (Wildman–Crippen MR) is 97.0 cm³/mol. The Bertz CT molecular complexity index is 770. The highest BCUT2D eigenvalue weighted by Crippen LogP contribution is 2.42. The minimum atomic E-state index is -0.499.